The molecule has 1 saturated carbocycles. The smallest absolute Gasteiger partial charge is 0.118 e. The van der Waals surface area contributed by atoms with Crippen LogP contribution in [0.4, 0.5) is 0 Å². The van der Waals surface area contributed by atoms with E-state index in [1.165, 1.54) is 74.0 Å². The molecule has 3 aliphatic heterocycles. The predicted octanol–water partition coefficient (Wildman–Crippen LogP) is 6.37. The molecule has 0 radical (unpaired) electrons. The van der Waals surface area contributed by atoms with Gasteiger partial charge in [-0.2, -0.15) is 5.10 Å². The summed E-state index contributed by atoms with van der Waals surface area (Å²) < 4.78 is 13.0. The average Bonchev–Trinajstić information content (AvgIpc) is 3.40. The molecule has 0 N–H and O–H groups in total. The molecule has 2 aromatic carbocycles. The molecule has 4 fully saturated rings. The number of benzene rings is 2. The third-order valence-electron chi connectivity index (χ3n) is 9.82. The molecule has 214 valence electrons. The number of hydrogen-bond donors (Lipinski definition) is 0. The van der Waals surface area contributed by atoms with Crippen molar-refractivity contribution in [3.63, 3.8) is 0 Å². The molecule has 6 nitrogen and oxygen atoms in total. The van der Waals surface area contributed by atoms with Gasteiger partial charge in [-0.3, -0.25) is 14.5 Å². The fourth-order valence-corrected chi connectivity index (χ4v) is 7.57. The lowest BCUT2D eigenvalue weighted by molar-refractivity contribution is 0.00762. The Morgan fingerprint density at radius 2 is 1.48 bits per heavy atom. The number of piperidine rings is 3. The molecular weight excluding hydrogens is 496 g/mol. The zero-order chi connectivity index (χ0) is 27.5. The van der Waals surface area contributed by atoms with Crippen molar-refractivity contribution in [1.82, 2.24) is 19.6 Å². The van der Waals surface area contributed by atoms with E-state index in [9.17, 15) is 0 Å². The van der Waals surface area contributed by atoms with E-state index < -0.39 is 0 Å². The number of methoxy groups -OCH3 is 2. The van der Waals surface area contributed by atoms with Crippen LogP contribution in [0.5, 0.6) is 11.5 Å². The van der Waals surface area contributed by atoms with E-state index in [1.54, 1.807) is 14.2 Å². The molecule has 4 heterocycles. The zero-order valence-corrected chi connectivity index (χ0v) is 24.6. The molecule has 2 bridgehead atoms. The van der Waals surface area contributed by atoms with E-state index in [0.29, 0.717) is 17.9 Å². The van der Waals surface area contributed by atoms with Crippen molar-refractivity contribution in [2.24, 2.45) is 13.0 Å². The van der Waals surface area contributed by atoms with Gasteiger partial charge in [-0.25, -0.2) is 0 Å². The van der Waals surface area contributed by atoms with Gasteiger partial charge in [0.25, 0.3) is 0 Å². The van der Waals surface area contributed by atoms with E-state index in [2.05, 4.69) is 76.1 Å². The summed E-state index contributed by atoms with van der Waals surface area (Å²) in [5.41, 5.74) is 5.49. The number of rotatable bonds is 10. The molecule has 3 aromatic rings. The molecular formula is C34H46N4O2. The summed E-state index contributed by atoms with van der Waals surface area (Å²) in [7, 11) is 5.64. The minimum Gasteiger partial charge on any atom is -0.497 e. The number of fused-ring (bicyclic) bond motifs is 3. The molecule has 7 rings (SSSR count). The van der Waals surface area contributed by atoms with Crippen LogP contribution in [0.1, 0.15) is 79.3 Å². The third-order valence-corrected chi connectivity index (χ3v) is 9.82. The molecule has 0 amide bonds. The highest BCUT2D eigenvalue weighted by Crippen LogP contribution is 2.43. The van der Waals surface area contributed by atoms with E-state index in [4.69, 9.17) is 14.6 Å². The Morgan fingerprint density at radius 3 is 2.02 bits per heavy atom. The summed E-state index contributed by atoms with van der Waals surface area (Å²) in [5, 5.41) is 5.05. The minimum absolute atomic E-state index is 0.595. The fourth-order valence-electron chi connectivity index (χ4n) is 7.57. The van der Waals surface area contributed by atoms with Gasteiger partial charge in [-0.15, -0.1) is 0 Å². The van der Waals surface area contributed by atoms with Crippen molar-refractivity contribution in [1.29, 1.82) is 0 Å². The van der Waals surface area contributed by atoms with Gasteiger partial charge < -0.3 is 9.47 Å². The number of aryl methyl sites for hydroxylation is 1. The number of aromatic nitrogens is 2. The van der Waals surface area contributed by atoms with Crippen molar-refractivity contribution in [2.45, 2.75) is 75.9 Å². The van der Waals surface area contributed by atoms with Gasteiger partial charge >= 0.3 is 0 Å². The first kappa shape index (κ1) is 27.3. The highest BCUT2D eigenvalue weighted by atomic mass is 16.5. The summed E-state index contributed by atoms with van der Waals surface area (Å²) >= 11 is 0. The first-order valence-electron chi connectivity index (χ1n) is 15.4. The standard InChI is InChI=1S/C34H46N4O2/c1-36-34(20-33(35-36)27-7-5-4-6-8-27)32-24-38-18-17-28(32)19-29(38)23-37(21-25-9-13-30(39-2)14-10-25)22-26-11-15-31(40-3)16-12-26/h9-16,20,27-29,32H,4-8,17-19,21-24H2,1-3H3/t28-,29+,32-/m0/s1. The van der Waals surface area contributed by atoms with Crippen molar-refractivity contribution in [3.05, 3.63) is 77.1 Å². The summed E-state index contributed by atoms with van der Waals surface area (Å²) in [6.07, 6.45) is 9.33. The molecule has 40 heavy (non-hydrogen) atoms. The molecule has 3 saturated heterocycles. The SMILES string of the molecule is COc1ccc(CN(Cc2ccc(OC)cc2)C[C@H]2C[C@@H]3CCN2C[C@@H]3c2cc(C3CCCCC3)nn2C)cc1. The Bertz CT molecular complexity index is 1180. The van der Waals surface area contributed by atoms with Crippen LogP contribution in [0, 0.1) is 5.92 Å². The minimum atomic E-state index is 0.595. The van der Waals surface area contributed by atoms with Gasteiger partial charge in [-0.05, 0) is 79.6 Å². The molecule has 1 aliphatic carbocycles. The summed E-state index contributed by atoms with van der Waals surface area (Å²) in [6, 6.07) is 20.2. The Hall–Kier alpha value is -2.83. The van der Waals surface area contributed by atoms with Crippen LogP contribution in [0.15, 0.2) is 54.6 Å². The van der Waals surface area contributed by atoms with Gasteiger partial charge in [0.05, 0.1) is 19.9 Å². The van der Waals surface area contributed by atoms with Crippen LogP contribution in [-0.2, 0) is 20.1 Å². The lowest BCUT2D eigenvalue weighted by atomic mass is 9.73. The molecule has 1 aromatic heterocycles. The van der Waals surface area contributed by atoms with Crippen LogP contribution in [0.25, 0.3) is 0 Å². The Labute approximate surface area is 240 Å². The molecule has 4 atom stereocenters. The van der Waals surface area contributed by atoms with Crippen molar-refractivity contribution in [2.75, 3.05) is 33.9 Å². The summed E-state index contributed by atoms with van der Waals surface area (Å²) in [6.45, 7) is 5.33. The fraction of sp³-hybridized carbons (Fsp3) is 0.559. The largest absolute Gasteiger partial charge is 0.497 e. The second-order valence-electron chi connectivity index (χ2n) is 12.4. The van der Waals surface area contributed by atoms with Crippen LogP contribution in [0.3, 0.4) is 0 Å². The first-order chi connectivity index (χ1) is 19.6. The van der Waals surface area contributed by atoms with Crippen molar-refractivity contribution >= 4 is 0 Å². The normalized spacial score (nSPS) is 24.9. The predicted molar refractivity (Wildman–Crippen MR) is 160 cm³/mol. The van der Waals surface area contributed by atoms with Gasteiger partial charge in [-0.1, -0.05) is 43.5 Å². The molecule has 4 aliphatic rings. The highest BCUT2D eigenvalue weighted by Gasteiger charge is 2.42. The number of ether oxygens (including phenoxy) is 2. The van der Waals surface area contributed by atoms with Gasteiger partial charge in [0.1, 0.15) is 11.5 Å². The topological polar surface area (TPSA) is 42.8 Å². The van der Waals surface area contributed by atoms with E-state index >= 15 is 0 Å². The maximum Gasteiger partial charge on any atom is 0.118 e. The van der Waals surface area contributed by atoms with E-state index in [0.717, 1.165) is 43.6 Å². The highest BCUT2D eigenvalue weighted by molar-refractivity contribution is 5.29. The zero-order valence-electron chi connectivity index (χ0n) is 24.6. The van der Waals surface area contributed by atoms with Gasteiger partial charge in [0, 0.05) is 56.8 Å². The molecule has 0 spiro atoms. The summed E-state index contributed by atoms with van der Waals surface area (Å²) in [4.78, 5) is 5.42. The van der Waals surface area contributed by atoms with E-state index in [-0.39, 0.29) is 0 Å². The first-order valence-corrected chi connectivity index (χ1v) is 15.4. The van der Waals surface area contributed by atoms with Crippen LogP contribution < -0.4 is 9.47 Å². The van der Waals surface area contributed by atoms with Crippen molar-refractivity contribution in [3.8, 4) is 11.5 Å². The molecule has 6 heteroatoms. The monoisotopic (exact) mass is 542 g/mol. The van der Waals surface area contributed by atoms with E-state index in [1.807, 2.05) is 0 Å². The average molecular weight is 543 g/mol. The van der Waals surface area contributed by atoms with Gasteiger partial charge in [0.2, 0.25) is 0 Å². The Morgan fingerprint density at radius 1 is 0.850 bits per heavy atom. The Balaban J connectivity index is 1.16. The van der Waals surface area contributed by atoms with Gasteiger partial charge in [0.15, 0.2) is 0 Å². The van der Waals surface area contributed by atoms with Crippen LogP contribution in [0.2, 0.25) is 0 Å². The maximum atomic E-state index is 5.40. The maximum absolute atomic E-state index is 5.40. The number of nitrogens with zero attached hydrogens (tertiary/aromatic N) is 4. The lowest BCUT2D eigenvalue weighted by Crippen LogP contribution is -2.56. The quantitative estimate of drug-likeness (QED) is 0.298. The van der Waals surface area contributed by atoms with Crippen molar-refractivity contribution < 1.29 is 9.47 Å². The second kappa shape index (κ2) is 12.4. The van der Waals surface area contributed by atoms with Crippen LogP contribution in [-0.4, -0.2) is 59.5 Å². The summed E-state index contributed by atoms with van der Waals surface area (Å²) in [5.74, 6) is 3.85. The Kier molecular flexibility index (Phi) is 8.45. The van der Waals surface area contributed by atoms with Crippen LogP contribution >= 0.6 is 0 Å². The third kappa shape index (κ3) is 6.08. The second-order valence-corrected chi connectivity index (χ2v) is 12.4. The lowest BCUT2D eigenvalue weighted by Gasteiger charge is -2.51. The number of hydrogen-bond acceptors (Lipinski definition) is 5. The molecule has 1 unspecified atom stereocenters.